The molecule has 0 radical (unpaired) electrons. The highest BCUT2D eigenvalue weighted by Gasteiger charge is 2.21. The zero-order valence-electron chi connectivity index (χ0n) is 9.90. The van der Waals surface area contributed by atoms with Crippen LogP contribution in [-0.4, -0.2) is 0 Å². The van der Waals surface area contributed by atoms with Crippen LogP contribution in [0, 0.1) is 5.82 Å². The molecule has 92 valence electrons. The first-order valence-electron chi connectivity index (χ1n) is 6.03. The number of fused-ring (bicyclic) bond motifs is 1. The Bertz CT molecular complexity index is 582. The van der Waals surface area contributed by atoms with Gasteiger partial charge in [-0.15, -0.1) is 0 Å². The summed E-state index contributed by atoms with van der Waals surface area (Å²) in [4.78, 5) is 0. The summed E-state index contributed by atoms with van der Waals surface area (Å²) in [5.74, 6) is 0.629. The van der Waals surface area contributed by atoms with Crippen molar-refractivity contribution in [2.24, 2.45) is 0 Å². The molecule has 1 aliphatic rings. The third-order valence-electron chi connectivity index (χ3n) is 3.25. The van der Waals surface area contributed by atoms with Gasteiger partial charge in [-0.05, 0) is 54.3 Å². The van der Waals surface area contributed by atoms with Crippen LogP contribution >= 0.6 is 0 Å². The lowest BCUT2D eigenvalue weighted by Gasteiger charge is -2.26. The Morgan fingerprint density at radius 2 is 2.06 bits per heavy atom. The predicted molar refractivity (Wildman–Crippen MR) is 68.9 cm³/mol. The Kier molecular flexibility index (Phi) is 2.67. The molecule has 0 amide bonds. The SMILES string of the molecule is Nc1ccc2c(c1)CCC(c1cccc(F)c1)O2. The maximum atomic E-state index is 13.2. The molecule has 1 aliphatic heterocycles. The number of hydrogen-bond acceptors (Lipinski definition) is 2. The Morgan fingerprint density at radius 3 is 2.89 bits per heavy atom. The van der Waals surface area contributed by atoms with E-state index in [4.69, 9.17) is 10.5 Å². The van der Waals surface area contributed by atoms with Gasteiger partial charge >= 0.3 is 0 Å². The van der Waals surface area contributed by atoms with Crippen LogP contribution < -0.4 is 10.5 Å². The summed E-state index contributed by atoms with van der Waals surface area (Å²) in [5.41, 5.74) is 8.51. The fourth-order valence-corrected chi connectivity index (χ4v) is 2.35. The molecule has 3 rings (SSSR count). The molecule has 0 spiro atoms. The van der Waals surface area contributed by atoms with Crippen molar-refractivity contribution in [3.05, 3.63) is 59.4 Å². The number of ether oxygens (including phenoxy) is 1. The Labute approximate surface area is 105 Å². The predicted octanol–water partition coefficient (Wildman–Crippen LogP) is 3.47. The average molecular weight is 243 g/mol. The summed E-state index contributed by atoms with van der Waals surface area (Å²) in [5, 5.41) is 0. The number of benzene rings is 2. The largest absolute Gasteiger partial charge is 0.485 e. The van der Waals surface area contributed by atoms with Crippen molar-refractivity contribution in [2.75, 3.05) is 5.73 Å². The molecule has 2 aromatic rings. The molecule has 0 aromatic heterocycles. The van der Waals surface area contributed by atoms with Crippen LogP contribution in [0.15, 0.2) is 42.5 Å². The first-order chi connectivity index (χ1) is 8.72. The summed E-state index contributed by atoms with van der Waals surface area (Å²) < 4.78 is 19.1. The minimum absolute atomic E-state index is 0.0724. The maximum absolute atomic E-state index is 13.2. The van der Waals surface area contributed by atoms with Crippen LogP contribution in [0.25, 0.3) is 0 Å². The minimum Gasteiger partial charge on any atom is -0.485 e. The van der Waals surface area contributed by atoms with Gasteiger partial charge in [0.1, 0.15) is 17.7 Å². The monoisotopic (exact) mass is 243 g/mol. The molecule has 1 heterocycles. The summed E-state index contributed by atoms with van der Waals surface area (Å²) >= 11 is 0. The van der Waals surface area contributed by atoms with E-state index in [2.05, 4.69) is 0 Å². The number of anilines is 1. The standard InChI is InChI=1S/C15H14FNO/c16-12-3-1-2-10(8-12)14-6-4-11-9-13(17)5-7-15(11)18-14/h1-3,5,7-9,14H,4,6,17H2. The van der Waals surface area contributed by atoms with E-state index in [0.29, 0.717) is 0 Å². The van der Waals surface area contributed by atoms with Crippen molar-refractivity contribution >= 4 is 5.69 Å². The summed E-state index contributed by atoms with van der Waals surface area (Å²) in [7, 11) is 0. The van der Waals surface area contributed by atoms with E-state index in [-0.39, 0.29) is 11.9 Å². The van der Waals surface area contributed by atoms with E-state index in [9.17, 15) is 4.39 Å². The lowest BCUT2D eigenvalue weighted by Crippen LogP contribution is -2.15. The average Bonchev–Trinajstić information content (AvgIpc) is 2.38. The third kappa shape index (κ3) is 2.04. The molecule has 0 saturated heterocycles. The molecule has 0 fully saturated rings. The Hall–Kier alpha value is -2.03. The summed E-state index contributed by atoms with van der Waals surface area (Å²) in [6, 6.07) is 12.2. The summed E-state index contributed by atoms with van der Waals surface area (Å²) in [6.45, 7) is 0. The van der Waals surface area contributed by atoms with Crippen LogP contribution in [0.1, 0.15) is 23.7 Å². The fourth-order valence-electron chi connectivity index (χ4n) is 2.35. The third-order valence-corrected chi connectivity index (χ3v) is 3.25. The van der Waals surface area contributed by atoms with Gasteiger partial charge in [0.2, 0.25) is 0 Å². The second-order valence-corrected chi connectivity index (χ2v) is 4.57. The Balaban J connectivity index is 1.89. The highest BCUT2D eigenvalue weighted by molar-refractivity contribution is 5.49. The number of nitrogen functional groups attached to an aromatic ring is 1. The molecule has 2 aromatic carbocycles. The fraction of sp³-hybridized carbons (Fsp3) is 0.200. The van der Waals surface area contributed by atoms with Crippen molar-refractivity contribution in [3.63, 3.8) is 0 Å². The van der Waals surface area contributed by atoms with Crippen LogP contribution in [0.4, 0.5) is 10.1 Å². The zero-order valence-corrected chi connectivity index (χ0v) is 9.90. The van der Waals surface area contributed by atoms with Crippen LogP contribution in [0.2, 0.25) is 0 Å². The number of nitrogens with two attached hydrogens (primary N) is 1. The molecule has 1 atom stereocenters. The summed E-state index contributed by atoms with van der Waals surface area (Å²) in [6.07, 6.45) is 1.68. The maximum Gasteiger partial charge on any atom is 0.124 e. The normalized spacial score (nSPS) is 17.9. The second kappa shape index (κ2) is 4.33. The first-order valence-corrected chi connectivity index (χ1v) is 6.03. The van der Waals surface area contributed by atoms with E-state index in [1.807, 2.05) is 24.3 Å². The van der Waals surface area contributed by atoms with Gasteiger partial charge in [-0.1, -0.05) is 12.1 Å². The number of rotatable bonds is 1. The topological polar surface area (TPSA) is 35.2 Å². The van der Waals surface area contributed by atoms with Gasteiger partial charge in [0.05, 0.1) is 0 Å². The molecule has 2 N–H and O–H groups in total. The Morgan fingerprint density at radius 1 is 1.17 bits per heavy atom. The molecule has 18 heavy (non-hydrogen) atoms. The first kappa shape index (κ1) is 11.1. The zero-order chi connectivity index (χ0) is 12.5. The van der Waals surface area contributed by atoms with Crippen molar-refractivity contribution in [3.8, 4) is 5.75 Å². The van der Waals surface area contributed by atoms with Gasteiger partial charge in [-0.3, -0.25) is 0 Å². The lowest BCUT2D eigenvalue weighted by molar-refractivity contribution is 0.176. The molecule has 1 unspecified atom stereocenters. The molecule has 2 nitrogen and oxygen atoms in total. The molecule has 0 bridgehead atoms. The quantitative estimate of drug-likeness (QED) is 0.778. The van der Waals surface area contributed by atoms with Gasteiger partial charge in [0, 0.05) is 5.69 Å². The number of halogens is 1. The van der Waals surface area contributed by atoms with E-state index in [1.165, 1.54) is 12.1 Å². The van der Waals surface area contributed by atoms with Crippen LogP contribution in [0.5, 0.6) is 5.75 Å². The molecule has 0 saturated carbocycles. The highest BCUT2D eigenvalue weighted by Crippen LogP contribution is 2.35. The van der Waals surface area contributed by atoms with E-state index >= 15 is 0 Å². The number of hydrogen-bond donors (Lipinski definition) is 1. The van der Waals surface area contributed by atoms with Gasteiger partial charge in [-0.25, -0.2) is 4.39 Å². The number of aryl methyl sites for hydroxylation is 1. The van der Waals surface area contributed by atoms with Crippen LogP contribution in [0.3, 0.4) is 0 Å². The van der Waals surface area contributed by atoms with Crippen LogP contribution in [-0.2, 0) is 6.42 Å². The van der Waals surface area contributed by atoms with Crippen molar-refractivity contribution in [2.45, 2.75) is 18.9 Å². The van der Waals surface area contributed by atoms with Gasteiger partial charge in [0.25, 0.3) is 0 Å². The van der Waals surface area contributed by atoms with E-state index in [0.717, 1.165) is 35.4 Å². The lowest BCUT2D eigenvalue weighted by atomic mass is 9.97. The molecule has 3 heteroatoms. The van der Waals surface area contributed by atoms with E-state index in [1.54, 1.807) is 6.07 Å². The van der Waals surface area contributed by atoms with Crippen molar-refractivity contribution in [1.29, 1.82) is 0 Å². The molecular formula is C15H14FNO. The van der Waals surface area contributed by atoms with Crippen molar-refractivity contribution < 1.29 is 9.13 Å². The van der Waals surface area contributed by atoms with Gasteiger partial charge in [-0.2, -0.15) is 0 Å². The van der Waals surface area contributed by atoms with Gasteiger partial charge in [0.15, 0.2) is 0 Å². The second-order valence-electron chi connectivity index (χ2n) is 4.57. The molecular weight excluding hydrogens is 229 g/mol. The van der Waals surface area contributed by atoms with Gasteiger partial charge < -0.3 is 10.5 Å². The van der Waals surface area contributed by atoms with E-state index < -0.39 is 0 Å². The smallest absolute Gasteiger partial charge is 0.124 e. The highest BCUT2D eigenvalue weighted by atomic mass is 19.1. The molecule has 0 aliphatic carbocycles. The minimum atomic E-state index is -0.223. The van der Waals surface area contributed by atoms with Crippen molar-refractivity contribution in [1.82, 2.24) is 0 Å².